The molecule has 0 aliphatic carbocycles. The molecular formula is C25H18ClN7O2. The molecule has 5 aromatic rings. The Bertz CT molecular complexity index is 1540. The topological polar surface area (TPSA) is 136 Å². The van der Waals surface area contributed by atoms with Gasteiger partial charge in [-0.05, 0) is 17.7 Å². The number of H-pyrrole nitrogens is 1. The minimum Gasteiger partial charge on any atom is -0.394 e. The lowest BCUT2D eigenvalue weighted by Gasteiger charge is -2.13. The van der Waals surface area contributed by atoms with Crippen LogP contribution in [0.5, 0.6) is 0 Å². The molecule has 0 radical (unpaired) electrons. The van der Waals surface area contributed by atoms with Crippen LogP contribution in [0.25, 0.3) is 33.9 Å². The van der Waals surface area contributed by atoms with E-state index in [1.54, 1.807) is 30.3 Å². The van der Waals surface area contributed by atoms with Crippen LogP contribution in [0.1, 0.15) is 0 Å². The maximum atomic E-state index is 11.3. The van der Waals surface area contributed by atoms with E-state index in [0.29, 0.717) is 39.3 Å². The molecule has 0 saturated carbocycles. The van der Waals surface area contributed by atoms with Gasteiger partial charge in [-0.3, -0.25) is 15.2 Å². The van der Waals surface area contributed by atoms with E-state index in [-0.39, 0.29) is 11.4 Å². The van der Waals surface area contributed by atoms with Crippen molar-refractivity contribution in [3.05, 3.63) is 100 Å². The summed E-state index contributed by atoms with van der Waals surface area (Å²) in [6, 6.07) is 24.8. The van der Waals surface area contributed by atoms with Gasteiger partial charge in [-0.2, -0.15) is 5.10 Å². The molecule has 0 amide bonds. The molecule has 4 N–H and O–H groups in total. The van der Waals surface area contributed by atoms with E-state index in [0.717, 1.165) is 11.3 Å². The third-order valence-corrected chi connectivity index (χ3v) is 5.50. The number of nitrogens with two attached hydrogens (primary N) is 1. The summed E-state index contributed by atoms with van der Waals surface area (Å²) in [4.78, 5) is 20.1. The first kappa shape index (κ1) is 22.1. The van der Waals surface area contributed by atoms with E-state index in [2.05, 4.69) is 25.5 Å². The summed E-state index contributed by atoms with van der Waals surface area (Å²) < 4.78 is 0. The summed E-state index contributed by atoms with van der Waals surface area (Å²) >= 11 is 6.18. The highest BCUT2D eigenvalue weighted by Crippen LogP contribution is 2.35. The average Bonchev–Trinajstić information content (AvgIpc) is 3.34. The molecule has 0 unspecified atom stereocenters. The molecule has 2 aromatic heterocycles. The second-order valence-corrected chi connectivity index (χ2v) is 8.07. The van der Waals surface area contributed by atoms with Crippen molar-refractivity contribution in [1.82, 2.24) is 20.2 Å². The number of hydrogen-bond donors (Lipinski definition) is 3. The van der Waals surface area contributed by atoms with Gasteiger partial charge in [0.1, 0.15) is 5.69 Å². The van der Waals surface area contributed by atoms with Gasteiger partial charge in [0.2, 0.25) is 0 Å². The number of hydrogen-bond acceptors (Lipinski definition) is 7. The van der Waals surface area contributed by atoms with Crippen LogP contribution >= 0.6 is 11.6 Å². The summed E-state index contributed by atoms with van der Waals surface area (Å²) in [5.41, 5.74) is 9.90. The van der Waals surface area contributed by atoms with E-state index in [9.17, 15) is 10.1 Å². The van der Waals surface area contributed by atoms with Crippen LogP contribution in [0.4, 0.5) is 23.0 Å². The van der Waals surface area contributed by atoms with Crippen molar-refractivity contribution in [3.63, 3.8) is 0 Å². The summed E-state index contributed by atoms with van der Waals surface area (Å²) in [6.45, 7) is 0. The molecule has 0 fully saturated rings. The minimum atomic E-state index is -0.466. The highest BCUT2D eigenvalue weighted by molar-refractivity contribution is 6.30. The number of nitro benzene ring substituents is 1. The maximum Gasteiger partial charge on any atom is 0.270 e. The highest BCUT2D eigenvalue weighted by atomic mass is 35.5. The Hall–Kier alpha value is -4.76. The predicted octanol–water partition coefficient (Wildman–Crippen LogP) is 6.09. The minimum absolute atomic E-state index is 0.0702. The zero-order valence-electron chi connectivity index (χ0n) is 18.1. The van der Waals surface area contributed by atoms with Crippen molar-refractivity contribution in [2.24, 2.45) is 0 Å². The number of rotatable bonds is 6. The molecule has 0 spiro atoms. The largest absolute Gasteiger partial charge is 0.394 e. The van der Waals surface area contributed by atoms with Crippen LogP contribution in [0.3, 0.4) is 0 Å². The number of halogens is 1. The molecule has 0 bridgehead atoms. The fourth-order valence-corrected chi connectivity index (χ4v) is 3.77. The van der Waals surface area contributed by atoms with Crippen LogP contribution < -0.4 is 11.1 Å². The van der Waals surface area contributed by atoms with Crippen molar-refractivity contribution >= 4 is 34.6 Å². The Morgan fingerprint density at radius 1 is 0.886 bits per heavy atom. The van der Waals surface area contributed by atoms with E-state index in [1.807, 2.05) is 42.5 Å². The zero-order valence-corrected chi connectivity index (χ0v) is 18.9. The van der Waals surface area contributed by atoms with Gasteiger partial charge in [0, 0.05) is 34.3 Å². The maximum absolute atomic E-state index is 11.3. The summed E-state index contributed by atoms with van der Waals surface area (Å²) in [7, 11) is 0. The van der Waals surface area contributed by atoms with Crippen molar-refractivity contribution in [3.8, 4) is 33.9 Å². The van der Waals surface area contributed by atoms with Crippen molar-refractivity contribution in [1.29, 1.82) is 0 Å². The molecule has 0 saturated heterocycles. The Kier molecular flexibility index (Phi) is 5.82. The fourth-order valence-electron chi connectivity index (χ4n) is 3.58. The molecule has 2 heterocycles. The SMILES string of the molecule is Nc1c(Nc2cc(-c3ccccc3)[nH]n2)nc(-c2cccc(Cl)c2)nc1-c1cccc([N+](=O)[O-])c1. The van der Waals surface area contributed by atoms with Crippen LogP contribution in [-0.4, -0.2) is 25.1 Å². The van der Waals surface area contributed by atoms with Crippen molar-refractivity contribution in [2.75, 3.05) is 11.1 Å². The summed E-state index contributed by atoms with van der Waals surface area (Å²) in [5.74, 6) is 1.16. The quantitative estimate of drug-likeness (QED) is 0.196. The first-order valence-electron chi connectivity index (χ1n) is 10.5. The number of nitrogen functional groups attached to an aromatic ring is 1. The van der Waals surface area contributed by atoms with Gasteiger partial charge in [0.15, 0.2) is 17.5 Å². The monoisotopic (exact) mass is 483 g/mol. The van der Waals surface area contributed by atoms with Gasteiger partial charge in [-0.25, -0.2) is 9.97 Å². The predicted molar refractivity (Wildman–Crippen MR) is 136 cm³/mol. The molecule has 35 heavy (non-hydrogen) atoms. The average molecular weight is 484 g/mol. The lowest BCUT2D eigenvalue weighted by Crippen LogP contribution is -2.06. The van der Waals surface area contributed by atoms with Crippen LogP contribution in [0.15, 0.2) is 84.9 Å². The van der Waals surface area contributed by atoms with Gasteiger partial charge in [0.05, 0.1) is 16.3 Å². The third-order valence-electron chi connectivity index (χ3n) is 5.27. The van der Waals surface area contributed by atoms with Gasteiger partial charge in [0.25, 0.3) is 5.69 Å². The lowest BCUT2D eigenvalue weighted by atomic mass is 10.1. The van der Waals surface area contributed by atoms with Crippen LogP contribution in [0, 0.1) is 10.1 Å². The number of nitrogens with one attached hydrogen (secondary N) is 2. The molecule has 10 heteroatoms. The van der Waals surface area contributed by atoms with Crippen molar-refractivity contribution in [2.45, 2.75) is 0 Å². The Morgan fingerprint density at radius 2 is 1.63 bits per heavy atom. The molecule has 172 valence electrons. The number of nitrogens with zero attached hydrogens (tertiary/aromatic N) is 4. The number of non-ortho nitro benzene ring substituents is 1. The Morgan fingerprint density at radius 3 is 2.40 bits per heavy atom. The summed E-state index contributed by atoms with van der Waals surface area (Å²) in [5, 5.41) is 22.3. The standard InChI is InChI=1S/C25H18ClN7O2/c26-18-10-4-9-17(12-18)24-29-23(16-8-5-11-19(13-16)33(34)35)22(27)25(30-24)28-21-14-20(31-32-21)15-6-2-1-3-7-15/h1-14H,27H2,(H2,28,29,30,31,32). The molecule has 0 aliphatic heterocycles. The number of aromatic nitrogens is 4. The van der Waals surface area contributed by atoms with Gasteiger partial charge in [-0.1, -0.05) is 66.2 Å². The number of nitro groups is 1. The van der Waals surface area contributed by atoms with Gasteiger partial charge in [-0.15, -0.1) is 0 Å². The van der Waals surface area contributed by atoms with E-state index < -0.39 is 4.92 Å². The van der Waals surface area contributed by atoms with E-state index in [4.69, 9.17) is 17.3 Å². The normalized spacial score (nSPS) is 10.8. The zero-order chi connectivity index (χ0) is 24.4. The molecule has 5 rings (SSSR count). The van der Waals surface area contributed by atoms with Gasteiger partial charge < -0.3 is 11.1 Å². The second-order valence-electron chi connectivity index (χ2n) is 7.63. The Labute approximate surface area is 204 Å². The molecule has 9 nitrogen and oxygen atoms in total. The molecule has 0 aliphatic rings. The van der Waals surface area contributed by atoms with E-state index >= 15 is 0 Å². The number of benzene rings is 3. The highest BCUT2D eigenvalue weighted by Gasteiger charge is 2.18. The van der Waals surface area contributed by atoms with Crippen LogP contribution in [-0.2, 0) is 0 Å². The number of anilines is 3. The van der Waals surface area contributed by atoms with Crippen LogP contribution in [0.2, 0.25) is 5.02 Å². The molecular weight excluding hydrogens is 466 g/mol. The first-order chi connectivity index (χ1) is 17.0. The number of aromatic amines is 1. The lowest BCUT2D eigenvalue weighted by molar-refractivity contribution is -0.384. The molecule has 3 aromatic carbocycles. The smallest absolute Gasteiger partial charge is 0.270 e. The summed E-state index contributed by atoms with van der Waals surface area (Å²) in [6.07, 6.45) is 0. The fraction of sp³-hybridized carbons (Fsp3) is 0. The van der Waals surface area contributed by atoms with Crippen molar-refractivity contribution < 1.29 is 4.92 Å². The first-order valence-corrected chi connectivity index (χ1v) is 10.9. The third kappa shape index (κ3) is 4.66. The van der Waals surface area contributed by atoms with E-state index in [1.165, 1.54) is 12.1 Å². The Balaban J connectivity index is 1.61. The molecule has 0 atom stereocenters. The second kappa shape index (κ2) is 9.24. The van der Waals surface area contributed by atoms with Gasteiger partial charge >= 0.3 is 0 Å².